The summed E-state index contributed by atoms with van der Waals surface area (Å²) in [5.41, 5.74) is 1.47. The minimum absolute atomic E-state index is 0.922. The van der Waals surface area contributed by atoms with Gasteiger partial charge in [0.25, 0.3) is 0 Å². The molecule has 0 atom stereocenters. The Bertz CT molecular complexity index is 272. The van der Waals surface area contributed by atoms with E-state index in [-0.39, 0.29) is 0 Å². The topological polar surface area (TPSA) is 0 Å². The van der Waals surface area contributed by atoms with Crippen LogP contribution >= 0.6 is 0 Å². The summed E-state index contributed by atoms with van der Waals surface area (Å²) < 4.78 is 1.68. The Balaban J connectivity index is 2.14. The molecule has 1 fully saturated rings. The van der Waals surface area contributed by atoms with Crippen molar-refractivity contribution in [2.75, 3.05) is 0 Å². The van der Waals surface area contributed by atoms with Crippen molar-refractivity contribution >= 4 is 3.21 Å². The molecule has 0 nitrogen and oxygen atoms in total. The van der Waals surface area contributed by atoms with Gasteiger partial charge in [-0.15, -0.1) is 0 Å². The molecule has 0 heterocycles. The molecule has 1 heteroatoms. The first kappa shape index (κ1) is 8.57. The molecule has 60 valence electrons. The van der Waals surface area contributed by atoms with Crippen LogP contribution in [-0.4, -0.2) is 3.21 Å². The average Bonchev–Trinajstić information content (AvgIpc) is 2.03. The summed E-state index contributed by atoms with van der Waals surface area (Å²) >= 11 is 1.60. The Hall–Kier alpha value is -0.0269. The van der Waals surface area contributed by atoms with Gasteiger partial charge in [0.05, 0.1) is 0 Å². The second-order valence-electron chi connectivity index (χ2n) is 3.41. The summed E-state index contributed by atoms with van der Waals surface area (Å²) in [6, 6.07) is 10.8. The van der Waals surface area contributed by atoms with E-state index in [1.807, 2.05) is 0 Å². The molecular formula is C11H12Zr. The van der Waals surface area contributed by atoms with E-state index < -0.39 is 0 Å². The van der Waals surface area contributed by atoms with Crippen molar-refractivity contribution in [1.29, 1.82) is 0 Å². The minimum atomic E-state index is 0.922. The van der Waals surface area contributed by atoms with Crippen molar-refractivity contribution in [2.24, 2.45) is 5.92 Å². The summed E-state index contributed by atoms with van der Waals surface area (Å²) in [6.07, 6.45) is 4.29. The fourth-order valence-electron chi connectivity index (χ4n) is 1.55. The predicted octanol–water partition coefficient (Wildman–Crippen LogP) is 2.55. The van der Waals surface area contributed by atoms with Gasteiger partial charge in [-0.3, -0.25) is 0 Å². The molecule has 0 aliphatic heterocycles. The third kappa shape index (κ3) is 1.66. The van der Waals surface area contributed by atoms with Crippen molar-refractivity contribution in [3.63, 3.8) is 0 Å². The first-order valence-electron chi connectivity index (χ1n) is 4.52. The molecule has 1 aliphatic carbocycles. The van der Waals surface area contributed by atoms with E-state index in [4.69, 9.17) is 0 Å². The molecule has 0 N–H and O–H groups in total. The second-order valence-corrected chi connectivity index (χ2v) is 4.73. The molecule has 1 aromatic rings. The van der Waals surface area contributed by atoms with Crippen LogP contribution in [0.2, 0.25) is 0 Å². The van der Waals surface area contributed by atoms with Crippen molar-refractivity contribution in [2.45, 2.75) is 19.3 Å². The molecule has 12 heavy (non-hydrogen) atoms. The van der Waals surface area contributed by atoms with Gasteiger partial charge in [-0.25, -0.2) is 0 Å². The van der Waals surface area contributed by atoms with Gasteiger partial charge in [0, 0.05) is 0 Å². The molecule has 2 rings (SSSR count). The van der Waals surface area contributed by atoms with E-state index in [0.29, 0.717) is 0 Å². The molecule has 0 bridgehead atoms. The monoisotopic (exact) mass is 234 g/mol. The van der Waals surface area contributed by atoms with Gasteiger partial charge in [-0.1, -0.05) is 0 Å². The van der Waals surface area contributed by atoms with Gasteiger partial charge in [0.15, 0.2) is 0 Å². The Morgan fingerprint density at radius 1 is 1.17 bits per heavy atom. The van der Waals surface area contributed by atoms with Crippen molar-refractivity contribution in [1.82, 2.24) is 0 Å². The average molecular weight is 235 g/mol. The van der Waals surface area contributed by atoms with E-state index in [1.54, 1.807) is 27.4 Å². The standard InChI is InChI=1S/C11H12.Zr/c1-2-5-10(6-3-1)9-11-7-4-8-11;/h1-3,5-6,11H,4,7-8H2;. The Morgan fingerprint density at radius 3 is 2.33 bits per heavy atom. The van der Waals surface area contributed by atoms with Gasteiger partial charge in [-0.05, 0) is 0 Å². The SMILES string of the molecule is [Zr]=[C](c1ccccc1)C1CCC1. The third-order valence-electron chi connectivity index (χ3n) is 2.60. The van der Waals surface area contributed by atoms with Crippen LogP contribution in [0.1, 0.15) is 24.8 Å². The first-order chi connectivity index (χ1) is 5.88. The molecular weight excluding hydrogens is 223 g/mol. The van der Waals surface area contributed by atoms with Gasteiger partial charge in [0.1, 0.15) is 0 Å². The van der Waals surface area contributed by atoms with E-state index in [0.717, 1.165) is 5.92 Å². The van der Waals surface area contributed by atoms with Crippen LogP contribution in [0.15, 0.2) is 30.3 Å². The molecule has 0 amide bonds. The maximum absolute atomic E-state index is 2.24. The number of hydrogen-bond donors (Lipinski definition) is 0. The zero-order valence-electron chi connectivity index (χ0n) is 7.09. The normalized spacial score (nSPS) is 16.9. The maximum atomic E-state index is 2.24. The quantitative estimate of drug-likeness (QED) is 0.739. The Kier molecular flexibility index (Phi) is 2.70. The number of hydrogen-bond acceptors (Lipinski definition) is 0. The summed E-state index contributed by atoms with van der Waals surface area (Å²) in [7, 11) is 0. The van der Waals surface area contributed by atoms with Crippen LogP contribution in [0.4, 0.5) is 0 Å². The summed E-state index contributed by atoms with van der Waals surface area (Å²) in [5, 5.41) is 0. The molecule has 0 unspecified atom stereocenters. The van der Waals surface area contributed by atoms with Crippen LogP contribution < -0.4 is 0 Å². The van der Waals surface area contributed by atoms with Crippen LogP contribution in [0.25, 0.3) is 0 Å². The second kappa shape index (κ2) is 3.79. The van der Waals surface area contributed by atoms with E-state index in [9.17, 15) is 0 Å². The molecule has 0 radical (unpaired) electrons. The summed E-state index contributed by atoms with van der Waals surface area (Å²) in [5.74, 6) is 0.922. The van der Waals surface area contributed by atoms with Crippen LogP contribution in [0, 0.1) is 5.92 Å². The molecule has 0 spiro atoms. The first-order valence-corrected chi connectivity index (χ1v) is 5.74. The van der Waals surface area contributed by atoms with Crippen LogP contribution in [0.3, 0.4) is 0 Å². The van der Waals surface area contributed by atoms with Crippen molar-refractivity contribution in [3.8, 4) is 0 Å². The fraction of sp³-hybridized carbons (Fsp3) is 0.364. The summed E-state index contributed by atoms with van der Waals surface area (Å²) in [6.45, 7) is 0. The van der Waals surface area contributed by atoms with Gasteiger partial charge in [0.2, 0.25) is 0 Å². The van der Waals surface area contributed by atoms with E-state index in [2.05, 4.69) is 30.3 Å². The zero-order valence-corrected chi connectivity index (χ0v) is 9.54. The third-order valence-corrected chi connectivity index (χ3v) is 4.31. The molecule has 1 aromatic carbocycles. The number of rotatable bonds is 2. The van der Waals surface area contributed by atoms with E-state index in [1.165, 1.54) is 24.8 Å². The molecule has 1 aliphatic rings. The van der Waals surface area contributed by atoms with Crippen LogP contribution in [0.5, 0.6) is 0 Å². The molecule has 0 saturated heterocycles. The Morgan fingerprint density at radius 2 is 1.83 bits per heavy atom. The van der Waals surface area contributed by atoms with Gasteiger partial charge < -0.3 is 0 Å². The van der Waals surface area contributed by atoms with E-state index >= 15 is 0 Å². The predicted molar refractivity (Wildman–Crippen MR) is 47.9 cm³/mol. The zero-order chi connectivity index (χ0) is 8.39. The van der Waals surface area contributed by atoms with Crippen molar-refractivity contribution < 1.29 is 24.2 Å². The number of benzene rings is 1. The van der Waals surface area contributed by atoms with Gasteiger partial charge >= 0.3 is 88.5 Å². The molecule has 0 aromatic heterocycles. The van der Waals surface area contributed by atoms with Crippen LogP contribution in [-0.2, 0) is 24.2 Å². The van der Waals surface area contributed by atoms with Gasteiger partial charge in [-0.2, -0.15) is 0 Å². The molecule has 1 saturated carbocycles. The summed E-state index contributed by atoms with van der Waals surface area (Å²) in [4.78, 5) is 0. The van der Waals surface area contributed by atoms with Crippen molar-refractivity contribution in [3.05, 3.63) is 35.9 Å². The fourth-order valence-corrected chi connectivity index (χ4v) is 2.67. The Labute approximate surface area is 88.3 Å².